The predicted molar refractivity (Wildman–Crippen MR) is 60.7 cm³/mol. The van der Waals surface area contributed by atoms with E-state index in [1.54, 1.807) is 4.90 Å². The van der Waals surface area contributed by atoms with Crippen molar-refractivity contribution in [1.29, 1.82) is 0 Å². The lowest BCUT2D eigenvalue weighted by molar-refractivity contribution is -0.141. The minimum Gasteiger partial charge on any atom is -0.369 e. The molecule has 0 saturated carbocycles. The molecule has 1 fully saturated rings. The van der Waals surface area contributed by atoms with Gasteiger partial charge in [0.05, 0.1) is 0 Å². The standard InChI is InChI=1S/C11H13F3N4/c1-6-3-5-18(6)10-16-8(11(12,13)14)7-2-4-15-9(7)17-10/h6H,2-5H2,1H3,(H,15,16,17)/t6-/m0/s1. The normalized spacial score (nSPS) is 22.4. The number of nitrogens with one attached hydrogen (secondary N) is 1. The molecule has 1 saturated heterocycles. The number of hydrogen-bond acceptors (Lipinski definition) is 4. The smallest absolute Gasteiger partial charge is 0.369 e. The van der Waals surface area contributed by atoms with E-state index in [0.29, 0.717) is 18.8 Å². The van der Waals surface area contributed by atoms with Crippen LogP contribution in [0.2, 0.25) is 0 Å². The maximum absolute atomic E-state index is 13.0. The van der Waals surface area contributed by atoms with Crippen LogP contribution in [0.15, 0.2) is 0 Å². The summed E-state index contributed by atoms with van der Waals surface area (Å²) in [6.45, 7) is 3.17. The van der Waals surface area contributed by atoms with E-state index in [1.165, 1.54) is 0 Å². The van der Waals surface area contributed by atoms with Crippen molar-refractivity contribution < 1.29 is 13.2 Å². The molecule has 98 valence electrons. The summed E-state index contributed by atoms with van der Waals surface area (Å²) in [5.74, 6) is 0.528. The molecule has 1 aromatic heterocycles. The van der Waals surface area contributed by atoms with E-state index in [2.05, 4.69) is 15.3 Å². The zero-order chi connectivity index (χ0) is 12.9. The van der Waals surface area contributed by atoms with Crippen molar-refractivity contribution in [3.63, 3.8) is 0 Å². The maximum Gasteiger partial charge on any atom is 0.433 e. The third kappa shape index (κ3) is 1.69. The molecule has 1 atom stereocenters. The molecule has 3 heterocycles. The molecular weight excluding hydrogens is 245 g/mol. The van der Waals surface area contributed by atoms with Gasteiger partial charge < -0.3 is 10.2 Å². The van der Waals surface area contributed by atoms with Gasteiger partial charge in [0.15, 0.2) is 5.69 Å². The lowest BCUT2D eigenvalue weighted by Gasteiger charge is -2.39. The monoisotopic (exact) mass is 258 g/mol. The van der Waals surface area contributed by atoms with E-state index < -0.39 is 11.9 Å². The van der Waals surface area contributed by atoms with Gasteiger partial charge in [0.1, 0.15) is 5.82 Å². The molecule has 3 rings (SSSR count). The lowest BCUT2D eigenvalue weighted by Crippen LogP contribution is -2.47. The molecule has 18 heavy (non-hydrogen) atoms. The van der Waals surface area contributed by atoms with E-state index in [1.807, 2.05) is 6.92 Å². The van der Waals surface area contributed by atoms with Crippen molar-refractivity contribution in [1.82, 2.24) is 9.97 Å². The Bertz CT molecular complexity index is 486. The van der Waals surface area contributed by atoms with Crippen LogP contribution in [-0.2, 0) is 12.6 Å². The summed E-state index contributed by atoms with van der Waals surface area (Å²) in [5.41, 5.74) is -0.592. The fraction of sp³-hybridized carbons (Fsp3) is 0.636. The van der Waals surface area contributed by atoms with Crippen LogP contribution in [0.4, 0.5) is 24.9 Å². The molecule has 0 aromatic carbocycles. The van der Waals surface area contributed by atoms with Crippen LogP contribution in [-0.4, -0.2) is 29.1 Å². The van der Waals surface area contributed by atoms with Crippen molar-refractivity contribution in [2.24, 2.45) is 0 Å². The molecule has 0 unspecified atom stereocenters. The zero-order valence-corrected chi connectivity index (χ0v) is 9.88. The van der Waals surface area contributed by atoms with Crippen LogP contribution >= 0.6 is 0 Å². The molecule has 0 amide bonds. The van der Waals surface area contributed by atoms with E-state index >= 15 is 0 Å². The molecule has 2 aliphatic heterocycles. The average Bonchev–Trinajstić information content (AvgIpc) is 2.72. The first kappa shape index (κ1) is 11.6. The van der Waals surface area contributed by atoms with Crippen LogP contribution in [0.5, 0.6) is 0 Å². The molecule has 1 aromatic rings. The summed E-state index contributed by atoms with van der Waals surface area (Å²) in [6, 6.07) is 0.213. The Morgan fingerprint density at radius 2 is 2.11 bits per heavy atom. The van der Waals surface area contributed by atoms with Crippen LogP contribution < -0.4 is 10.2 Å². The molecule has 7 heteroatoms. The first-order valence-corrected chi connectivity index (χ1v) is 5.95. The third-order valence-corrected chi connectivity index (χ3v) is 3.51. The molecule has 0 bridgehead atoms. The molecular formula is C11H13F3N4. The second-order valence-electron chi connectivity index (χ2n) is 4.71. The van der Waals surface area contributed by atoms with E-state index in [4.69, 9.17) is 0 Å². The maximum atomic E-state index is 13.0. The highest BCUT2D eigenvalue weighted by Gasteiger charge is 2.40. The van der Waals surface area contributed by atoms with E-state index in [9.17, 15) is 13.2 Å². The summed E-state index contributed by atoms with van der Waals surface area (Å²) in [6.07, 6.45) is -3.11. The highest BCUT2D eigenvalue weighted by Crippen LogP contribution is 2.37. The largest absolute Gasteiger partial charge is 0.433 e. The van der Waals surface area contributed by atoms with Gasteiger partial charge in [0.2, 0.25) is 5.95 Å². The predicted octanol–water partition coefficient (Wildman–Crippen LogP) is 2.06. The Hall–Kier alpha value is -1.53. The summed E-state index contributed by atoms with van der Waals surface area (Å²) in [5, 5.41) is 2.89. The number of hydrogen-bond donors (Lipinski definition) is 1. The molecule has 4 nitrogen and oxygen atoms in total. The SMILES string of the molecule is C[C@H]1CCN1c1nc2c(c(C(F)(F)F)n1)CCN2. The number of rotatable bonds is 1. The van der Waals surface area contributed by atoms with Crippen molar-refractivity contribution >= 4 is 11.8 Å². The Kier molecular flexibility index (Phi) is 2.39. The Balaban J connectivity index is 2.07. The molecule has 2 aliphatic rings. The van der Waals surface area contributed by atoms with Gasteiger partial charge in [-0.25, -0.2) is 4.98 Å². The second-order valence-corrected chi connectivity index (χ2v) is 4.71. The fourth-order valence-corrected chi connectivity index (χ4v) is 2.34. The van der Waals surface area contributed by atoms with Crippen LogP contribution in [0.3, 0.4) is 0 Å². The Morgan fingerprint density at radius 1 is 1.33 bits per heavy atom. The highest BCUT2D eigenvalue weighted by molar-refractivity contribution is 5.56. The number of fused-ring (bicyclic) bond motifs is 1. The number of alkyl halides is 3. The van der Waals surface area contributed by atoms with Crippen molar-refractivity contribution in [2.75, 3.05) is 23.3 Å². The highest BCUT2D eigenvalue weighted by atomic mass is 19.4. The minimum atomic E-state index is -4.41. The molecule has 1 N–H and O–H groups in total. The molecule has 0 spiro atoms. The second kappa shape index (κ2) is 3.73. The average molecular weight is 258 g/mol. The van der Waals surface area contributed by atoms with Crippen molar-refractivity contribution in [3.05, 3.63) is 11.3 Å². The van der Waals surface area contributed by atoms with Gasteiger partial charge in [-0.05, 0) is 19.8 Å². The number of anilines is 2. The topological polar surface area (TPSA) is 41.1 Å². The summed E-state index contributed by atoms with van der Waals surface area (Å²) < 4.78 is 38.9. The lowest BCUT2D eigenvalue weighted by atomic mass is 10.1. The Morgan fingerprint density at radius 3 is 2.67 bits per heavy atom. The fourth-order valence-electron chi connectivity index (χ4n) is 2.34. The first-order chi connectivity index (χ1) is 8.47. The van der Waals surface area contributed by atoms with Crippen LogP contribution in [0, 0.1) is 0 Å². The zero-order valence-electron chi connectivity index (χ0n) is 9.88. The summed E-state index contributed by atoms with van der Waals surface area (Å²) in [7, 11) is 0. The van der Waals surface area contributed by atoms with Crippen molar-refractivity contribution in [2.45, 2.75) is 32.0 Å². The van der Waals surface area contributed by atoms with Gasteiger partial charge in [-0.3, -0.25) is 0 Å². The number of halogens is 3. The quantitative estimate of drug-likeness (QED) is 0.837. The van der Waals surface area contributed by atoms with Gasteiger partial charge in [0, 0.05) is 24.7 Å². The van der Waals surface area contributed by atoms with Gasteiger partial charge in [-0.1, -0.05) is 0 Å². The summed E-state index contributed by atoms with van der Waals surface area (Å²) in [4.78, 5) is 9.74. The van der Waals surface area contributed by atoms with Gasteiger partial charge in [-0.2, -0.15) is 18.2 Å². The first-order valence-electron chi connectivity index (χ1n) is 5.95. The molecule has 0 radical (unpaired) electrons. The summed E-state index contributed by atoms with van der Waals surface area (Å²) >= 11 is 0. The van der Waals surface area contributed by atoms with E-state index in [0.717, 1.165) is 13.0 Å². The third-order valence-electron chi connectivity index (χ3n) is 3.51. The van der Waals surface area contributed by atoms with Crippen molar-refractivity contribution in [3.8, 4) is 0 Å². The Labute approximate surface area is 102 Å². The van der Waals surface area contributed by atoms with Gasteiger partial charge in [0.25, 0.3) is 0 Å². The minimum absolute atomic E-state index is 0.189. The van der Waals surface area contributed by atoms with Gasteiger partial charge >= 0.3 is 6.18 Å². The number of nitrogens with zero attached hydrogens (tertiary/aromatic N) is 3. The molecule has 0 aliphatic carbocycles. The number of aromatic nitrogens is 2. The van der Waals surface area contributed by atoms with Gasteiger partial charge in [-0.15, -0.1) is 0 Å². The van der Waals surface area contributed by atoms with E-state index in [-0.39, 0.29) is 17.6 Å². The van der Waals surface area contributed by atoms with Crippen LogP contribution in [0.1, 0.15) is 24.6 Å². The van der Waals surface area contributed by atoms with Crippen LogP contribution in [0.25, 0.3) is 0 Å².